The highest BCUT2D eigenvalue weighted by Gasteiger charge is 2.12. The summed E-state index contributed by atoms with van der Waals surface area (Å²) in [5.41, 5.74) is 3.74. The number of hydrogen-bond acceptors (Lipinski definition) is 5. The van der Waals surface area contributed by atoms with Crippen LogP contribution >= 0.6 is 0 Å². The molecule has 1 atom stereocenters. The molecule has 0 heterocycles. The zero-order chi connectivity index (χ0) is 20.6. The van der Waals surface area contributed by atoms with Crippen LogP contribution in [0.15, 0.2) is 78.9 Å². The fraction of sp³-hybridized carbons (Fsp3) is 0.167. The summed E-state index contributed by atoms with van der Waals surface area (Å²) in [6.07, 6.45) is -0.788. The first kappa shape index (κ1) is 20.1. The number of esters is 1. The second kappa shape index (κ2) is 9.55. The van der Waals surface area contributed by atoms with E-state index in [1.807, 2.05) is 37.3 Å². The third-order valence-electron chi connectivity index (χ3n) is 4.51. The summed E-state index contributed by atoms with van der Waals surface area (Å²) in [5, 5.41) is 0. The van der Waals surface area contributed by atoms with Crippen LogP contribution in [0, 0.1) is 0 Å². The maximum Gasteiger partial charge on any atom is 0.513 e. The van der Waals surface area contributed by atoms with Gasteiger partial charge in [0.1, 0.15) is 12.4 Å². The van der Waals surface area contributed by atoms with Crippen LogP contribution in [0.1, 0.15) is 28.8 Å². The lowest BCUT2D eigenvalue weighted by atomic mass is 9.98. The van der Waals surface area contributed by atoms with Crippen LogP contribution in [0.5, 0.6) is 5.75 Å². The van der Waals surface area contributed by atoms with E-state index in [1.165, 1.54) is 31.4 Å². The van der Waals surface area contributed by atoms with Gasteiger partial charge in [-0.05, 0) is 41.0 Å². The smallest absolute Gasteiger partial charge is 0.465 e. The molecule has 0 N–H and O–H groups in total. The Morgan fingerprint density at radius 2 is 1.45 bits per heavy atom. The van der Waals surface area contributed by atoms with E-state index >= 15 is 0 Å². The molecule has 0 radical (unpaired) electrons. The summed E-state index contributed by atoms with van der Waals surface area (Å²) < 4.78 is 15.0. The lowest BCUT2D eigenvalue weighted by Gasteiger charge is -2.13. The number of hydrogen-bond donors (Lipinski definition) is 0. The molecule has 3 rings (SSSR count). The second-order valence-electron chi connectivity index (χ2n) is 6.57. The Morgan fingerprint density at radius 1 is 0.828 bits per heavy atom. The SMILES string of the molecule is COC(=O)c1ccc(OC(=O)OCC(C)c2ccc(-c3ccccc3)cc2)cc1. The molecule has 0 fully saturated rings. The Morgan fingerprint density at radius 3 is 2.07 bits per heavy atom. The summed E-state index contributed by atoms with van der Waals surface area (Å²) in [6.45, 7) is 2.18. The van der Waals surface area contributed by atoms with Crippen molar-refractivity contribution >= 4 is 12.1 Å². The van der Waals surface area contributed by atoms with Crippen LogP contribution < -0.4 is 4.74 Å². The zero-order valence-corrected chi connectivity index (χ0v) is 16.3. The maximum absolute atomic E-state index is 11.9. The van der Waals surface area contributed by atoms with E-state index in [0.29, 0.717) is 11.3 Å². The van der Waals surface area contributed by atoms with Gasteiger partial charge in [-0.25, -0.2) is 9.59 Å². The molecule has 0 saturated heterocycles. The molecule has 0 aliphatic heterocycles. The van der Waals surface area contributed by atoms with Crippen LogP contribution in [-0.4, -0.2) is 25.8 Å². The van der Waals surface area contributed by atoms with Gasteiger partial charge in [0.25, 0.3) is 0 Å². The zero-order valence-electron chi connectivity index (χ0n) is 16.3. The topological polar surface area (TPSA) is 61.8 Å². The minimum Gasteiger partial charge on any atom is -0.465 e. The van der Waals surface area contributed by atoms with Crippen molar-refractivity contribution in [2.24, 2.45) is 0 Å². The summed E-state index contributed by atoms with van der Waals surface area (Å²) in [5.74, 6) is -0.136. The van der Waals surface area contributed by atoms with Crippen molar-refractivity contribution in [2.75, 3.05) is 13.7 Å². The number of carbonyl (C=O) groups is 2. The van der Waals surface area contributed by atoms with Crippen molar-refractivity contribution in [1.82, 2.24) is 0 Å². The van der Waals surface area contributed by atoms with Gasteiger partial charge in [0.2, 0.25) is 0 Å². The van der Waals surface area contributed by atoms with Crippen LogP contribution in [0.2, 0.25) is 0 Å². The highest BCUT2D eigenvalue weighted by atomic mass is 16.7. The number of carbonyl (C=O) groups excluding carboxylic acids is 2. The van der Waals surface area contributed by atoms with E-state index in [0.717, 1.165) is 16.7 Å². The molecule has 0 saturated carbocycles. The standard InChI is InChI=1S/C24H22O5/c1-17(18-8-10-20(11-9-18)19-6-4-3-5-7-19)16-28-24(26)29-22-14-12-21(13-15-22)23(25)27-2/h3-15,17H,16H2,1-2H3. The van der Waals surface area contributed by atoms with Gasteiger partial charge in [0, 0.05) is 5.92 Å². The van der Waals surface area contributed by atoms with Crippen LogP contribution in [0.25, 0.3) is 11.1 Å². The molecule has 1 unspecified atom stereocenters. The molecule has 0 amide bonds. The van der Waals surface area contributed by atoms with Gasteiger partial charge in [-0.1, -0.05) is 61.5 Å². The molecule has 0 bridgehead atoms. The summed E-state index contributed by atoms with van der Waals surface area (Å²) >= 11 is 0. The molecule has 0 aliphatic carbocycles. The van der Waals surface area contributed by atoms with Crippen LogP contribution in [-0.2, 0) is 9.47 Å². The number of methoxy groups -OCH3 is 1. The average Bonchev–Trinajstić information content (AvgIpc) is 2.78. The van der Waals surface area contributed by atoms with E-state index < -0.39 is 12.1 Å². The number of rotatable bonds is 6. The minimum atomic E-state index is -0.788. The highest BCUT2D eigenvalue weighted by molar-refractivity contribution is 5.89. The van der Waals surface area contributed by atoms with Crippen LogP contribution in [0.4, 0.5) is 4.79 Å². The predicted molar refractivity (Wildman–Crippen MR) is 110 cm³/mol. The molecular formula is C24H22O5. The number of benzene rings is 3. The Kier molecular flexibility index (Phi) is 6.63. The molecular weight excluding hydrogens is 368 g/mol. The first-order valence-corrected chi connectivity index (χ1v) is 9.25. The Labute approximate surface area is 169 Å². The molecule has 5 nitrogen and oxygen atoms in total. The van der Waals surface area contributed by atoms with Crippen molar-refractivity contribution in [3.8, 4) is 16.9 Å². The molecule has 148 valence electrons. The Hall–Kier alpha value is -3.60. The second-order valence-corrected chi connectivity index (χ2v) is 6.57. The van der Waals surface area contributed by atoms with Gasteiger partial charge in [-0.15, -0.1) is 0 Å². The molecule has 3 aromatic rings. The third kappa shape index (κ3) is 5.45. The van der Waals surface area contributed by atoms with E-state index in [4.69, 9.17) is 9.47 Å². The van der Waals surface area contributed by atoms with Gasteiger partial charge in [0.05, 0.1) is 12.7 Å². The monoisotopic (exact) mass is 390 g/mol. The molecule has 0 spiro atoms. The molecule has 5 heteroatoms. The van der Waals surface area contributed by atoms with E-state index in [2.05, 4.69) is 29.0 Å². The van der Waals surface area contributed by atoms with Crippen molar-refractivity contribution in [3.05, 3.63) is 90.0 Å². The molecule has 29 heavy (non-hydrogen) atoms. The van der Waals surface area contributed by atoms with Crippen molar-refractivity contribution < 1.29 is 23.8 Å². The largest absolute Gasteiger partial charge is 0.513 e. The molecule has 0 aliphatic rings. The van der Waals surface area contributed by atoms with Crippen LogP contribution in [0.3, 0.4) is 0 Å². The third-order valence-corrected chi connectivity index (χ3v) is 4.51. The summed E-state index contributed by atoms with van der Waals surface area (Å²) in [4.78, 5) is 23.3. The van der Waals surface area contributed by atoms with Gasteiger partial charge in [0.15, 0.2) is 0 Å². The van der Waals surface area contributed by atoms with E-state index in [1.54, 1.807) is 0 Å². The van der Waals surface area contributed by atoms with Crippen molar-refractivity contribution in [2.45, 2.75) is 12.8 Å². The summed E-state index contributed by atoms with van der Waals surface area (Å²) in [7, 11) is 1.31. The van der Waals surface area contributed by atoms with Crippen molar-refractivity contribution in [3.63, 3.8) is 0 Å². The van der Waals surface area contributed by atoms with Gasteiger partial charge in [-0.2, -0.15) is 0 Å². The Balaban J connectivity index is 1.51. The fourth-order valence-corrected chi connectivity index (χ4v) is 2.83. The fourth-order valence-electron chi connectivity index (χ4n) is 2.83. The first-order chi connectivity index (χ1) is 14.1. The quantitative estimate of drug-likeness (QED) is 0.413. The predicted octanol–water partition coefficient (Wildman–Crippen LogP) is 5.46. The number of ether oxygens (including phenoxy) is 3. The van der Waals surface area contributed by atoms with E-state index in [9.17, 15) is 9.59 Å². The maximum atomic E-state index is 11.9. The van der Waals surface area contributed by atoms with Gasteiger partial charge in [-0.3, -0.25) is 0 Å². The first-order valence-electron chi connectivity index (χ1n) is 9.25. The Bertz CT molecular complexity index is 947. The lowest BCUT2D eigenvalue weighted by molar-refractivity contribution is 0.0600. The van der Waals surface area contributed by atoms with Gasteiger partial charge >= 0.3 is 12.1 Å². The molecule has 3 aromatic carbocycles. The minimum absolute atomic E-state index is 0.0223. The normalized spacial score (nSPS) is 11.4. The molecule has 0 aromatic heterocycles. The van der Waals surface area contributed by atoms with Crippen molar-refractivity contribution in [1.29, 1.82) is 0 Å². The average molecular weight is 390 g/mol. The van der Waals surface area contributed by atoms with Gasteiger partial charge < -0.3 is 14.2 Å². The highest BCUT2D eigenvalue weighted by Crippen LogP contribution is 2.23. The summed E-state index contributed by atoms with van der Waals surface area (Å²) in [6, 6.07) is 24.4. The van der Waals surface area contributed by atoms with E-state index in [-0.39, 0.29) is 12.5 Å². The lowest BCUT2D eigenvalue weighted by Crippen LogP contribution is -2.15.